The molecule has 2 aromatic rings. The Kier molecular flexibility index (Phi) is 4.89. The van der Waals surface area contributed by atoms with E-state index in [2.05, 4.69) is 15.3 Å². The van der Waals surface area contributed by atoms with E-state index >= 15 is 0 Å². The molecular formula is C19H21N3O2. The fourth-order valence-corrected chi connectivity index (χ4v) is 2.62. The van der Waals surface area contributed by atoms with E-state index in [9.17, 15) is 4.79 Å². The SMILES string of the molecule is CC(C)/C=C/C(=O)NC[C@H]1Cc2cccc(-c3ncccn3)c2O1. The van der Waals surface area contributed by atoms with Gasteiger partial charge in [0.2, 0.25) is 5.91 Å². The molecule has 2 heterocycles. The van der Waals surface area contributed by atoms with E-state index in [0.29, 0.717) is 18.3 Å². The first kappa shape index (κ1) is 16.2. The number of hydrogen-bond acceptors (Lipinski definition) is 4. The molecule has 1 amide bonds. The van der Waals surface area contributed by atoms with Gasteiger partial charge in [0, 0.05) is 18.8 Å². The summed E-state index contributed by atoms with van der Waals surface area (Å²) in [4.78, 5) is 20.4. The molecular weight excluding hydrogens is 302 g/mol. The lowest BCUT2D eigenvalue weighted by Crippen LogP contribution is -2.33. The van der Waals surface area contributed by atoms with Crippen molar-refractivity contribution < 1.29 is 9.53 Å². The Hall–Kier alpha value is -2.69. The summed E-state index contributed by atoms with van der Waals surface area (Å²) in [7, 11) is 0. The number of benzene rings is 1. The van der Waals surface area contributed by atoms with Gasteiger partial charge in [-0.1, -0.05) is 32.1 Å². The summed E-state index contributed by atoms with van der Waals surface area (Å²) >= 11 is 0. The van der Waals surface area contributed by atoms with Crippen molar-refractivity contribution in [3.8, 4) is 17.1 Å². The number of carbonyl (C=O) groups excluding carboxylic acids is 1. The molecule has 5 heteroatoms. The van der Waals surface area contributed by atoms with E-state index in [0.717, 1.165) is 23.3 Å². The highest BCUT2D eigenvalue weighted by Gasteiger charge is 2.26. The van der Waals surface area contributed by atoms with Crippen LogP contribution in [0.15, 0.2) is 48.8 Å². The van der Waals surface area contributed by atoms with Gasteiger partial charge in [0.15, 0.2) is 5.82 Å². The number of nitrogens with zero attached hydrogens (tertiary/aromatic N) is 2. The van der Waals surface area contributed by atoms with Gasteiger partial charge in [-0.05, 0) is 29.7 Å². The van der Waals surface area contributed by atoms with E-state index in [1.54, 1.807) is 24.5 Å². The molecule has 0 spiro atoms. The number of allylic oxidation sites excluding steroid dienone is 1. The molecule has 0 radical (unpaired) electrons. The van der Waals surface area contributed by atoms with Crippen LogP contribution >= 0.6 is 0 Å². The molecule has 1 aromatic carbocycles. The standard InChI is InChI=1S/C19H21N3O2/c1-13(2)7-8-17(23)22-12-15-11-14-5-3-6-16(18(14)24-15)19-20-9-4-10-21-19/h3-10,13,15H,11-12H2,1-2H3,(H,22,23)/b8-7+/t15-/m1/s1. The Bertz CT molecular complexity index is 742. The average Bonchev–Trinajstić information content (AvgIpc) is 3.02. The molecule has 0 bridgehead atoms. The Balaban J connectivity index is 1.66. The third kappa shape index (κ3) is 3.79. The van der Waals surface area contributed by atoms with Gasteiger partial charge in [-0.2, -0.15) is 0 Å². The largest absolute Gasteiger partial charge is 0.487 e. The molecule has 1 N–H and O–H groups in total. The minimum Gasteiger partial charge on any atom is -0.487 e. The van der Waals surface area contributed by atoms with Crippen molar-refractivity contribution in [2.24, 2.45) is 5.92 Å². The van der Waals surface area contributed by atoms with Crippen molar-refractivity contribution in [3.05, 3.63) is 54.4 Å². The van der Waals surface area contributed by atoms with Crippen molar-refractivity contribution in [3.63, 3.8) is 0 Å². The molecule has 0 fully saturated rings. The molecule has 0 aliphatic carbocycles. The second kappa shape index (κ2) is 7.25. The van der Waals surface area contributed by atoms with Crippen LogP contribution in [0.2, 0.25) is 0 Å². The molecule has 124 valence electrons. The van der Waals surface area contributed by atoms with Gasteiger partial charge in [0.25, 0.3) is 0 Å². The fourth-order valence-electron chi connectivity index (χ4n) is 2.62. The Morgan fingerprint density at radius 1 is 1.33 bits per heavy atom. The predicted octanol–water partition coefficient (Wildman–Crippen LogP) is 2.78. The van der Waals surface area contributed by atoms with Gasteiger partial charge in [-0.25, -0.2) is 9.97 Å². The summed E-state index contributed by atoms with van der Waals surface area (Å²) in [5.74, 6) is 1.74. The van der Waals surface area contributed by atoms with Gasteiger partial charge in [0.1, 0.15) is 11.9 Å². The Morgan fingerprint density at radius 2 is 2.12 bits per heavy atom. The molecule has 24 heavy (non-hydrogen) atoms. The molecule has 1 aromatic heterocycles. The molecule has 0 saturated carbocycles. The van der Waals surface area contributed by atoms with Crippen molar-refractivity contribution in [2.45, 2.75) is 26.4 Å². The van der Waals surface area contributed by atoms with Crippen LogP contribution < -0.4 is 10.1 Å². The highest BCUT2D eigenvalue weighted by molar-refractivity contribution is 5.87. The molecule has 1 aliphatic heterocycles. The van der Waals surface area contributed by atoms with Crippen LogP contribution in [-0.4, -0.2) is 28.5 Å². The second-order valence-electron chi connectivity index (χ2n) is 6.16. The zero-order valence-electron chi connectivity index (χ0n) is 13.9. The van der Waals surface area contributed by atoms with Crippen molar-refractivity contribution in [1.29, 1.82) is 0 Å². The number of carbonyl (C=O) groups is 1. The first-order valence-corrected chi connectivity index (χ1v) is 8.15. The summed E-state index contributed by atoms with van der Waals surface area (Å²) in [5.41, 5.74) is 2.01. The molecule has 0 saturated heterocycles. The maximum Gasteiger partial charge on any atom is 0.243 e. The summed E-state index contributed by atoms with van der Waals surface area (Å²) in [6.07, 6.45) is 7.59. The Morgan fingerprint density at radius 3 is 2.88 bits per heavy atom. The van der Waals surface area contributed by atoms with Gasteiger partial charge >= 0.3 is 0 Å². The highest BCUT2D eigenvalue weighted by Crippen LogP contribution is 2.37. The molecule has 0 unspecified atom stereocenters. The van der Waals surface area contributed by atoms with Gasteiger partial charge < -0.3 is 10.1 Å². The number of nitrogens with one attached hydrogen (secondary N) is 1. The summed E-state index contributed by atoms with van der Waals surface area (Å²) in [5, 5.41) is 2.89. The minimum absolute atomic E-state index is 0.0683. The lowest BCUT2D eigenvalue weighted by atomic mass is 10.1. The van der Waals surface area contributed by atoms with Crippen LogP contribution in [0.5, 0.6) is 5.75 Å². The van der Waals surface area contributed by atoms with Crippen LogP contribution in [0.3, 0.4) is 0 Å². The lowest BCUT2D eigenvalue weighted by molar-refractivity contribution is -0.116. The fraction of sp³-hybridized carbons (Fsp3) is 0.316. The van der Waals surface area contributed by atoms with Crippen LogP contribution in [0, 0.1) is 5.92 Å². The van der Waals surface area contributed by atoms with Crippen molar-refractivity contribution in [2.75, 3.05) is 6.54 Å². The normalized spacial score (nSPS) is 16.2. The third-order valence-corrected chi connectivity index (χ3v) is 3.77. The minimum atomic E-state index is -0.0881. The van der Waals surface area contributed by atoms with Crippen LogP contribution in [-0.2, 0) is 11.2 Å². The first-order valence-electron chi connectivity index (χ1n) is 8.15. The predicted molar refractivity (Wildman–Crippen MR) is 92.6 cm³/mol. The van der Waals surface area contributed by atoms with Crippen molar-refractivity contribution in [1.82, 2.24) is 15.3 Å². The second-order valence-corrected chi connectivity index (χ2v) is 6.16. The zero-order valence-corrected chi connectivity index (χ0v) is 13.9. The summed E-state index contributed by atoms with van der Waals surface area (Å²) in [6, 6.07) is 7.78. The number of hydrogen-bond donors (Lipinski definition) is 1. The summed E-state index contributed by atoms with van der Waals surface area (Å²) < 4.78 is 6.05. The highest BCUT2D eigenvalue weighted by atomic mass is 16.5. The average molecular weight is 323 g/mol. The van der Waals surface area contributed by atoms with Crippen molar-refractivity contribution >= 4 is 5.91 Å². The maximum atomic E-state index is 11.8. The number of aromatic nitrogens is 2. The molecule has 3 rings (SSSR count). The Labute approximate surface area is 141 Å². The maximum absolute atomic E-state index is 11.8. The molecule has 1 aliphatic rings. The number of rotatable bonds is 5. The van der Waals surface area contributed by atoms with Gasteiger partial charge in [-0.3, -0.25) is 4.79 Å². The smallest absolute Gasteiger partial charge is 0.243 e. The topological polar surface area (TPSA) is 64.1 Å². The number of fused-ring (bicyclic) bond motifs is 1. The van der Waals surface area contributed by atoms with E-state index in [-0.39, 0.29) is 12.0 Å². The van der Waals surface area contributed by atoms with Gasteiger partial charge in [-0.15, -0.1) is 0 Å². The monoisotopic (exact) mass is 323 g/mol. The van der Waals surface area contributed by atoms with Crippen LogP contribution in [0.1, 0.15) is 19.4 Å². The van der Waals surface area contributed by atoms with E-state index in [4.69, 9.17) is 4.74 Å². The van der Waals surface area contributed by atoms with E-state index in [1.165, 1.54) is 0 Å². The number of para-hydroxylation sites is 1. The third-order valence-electron chi connectivity index (χ3n) is 3.77. The van der Waals surface area contributed by atoms with Gasteiger partial charge in [0.05, 0.1) is 12.1 Å². The zero-order chi connectivity index (χ0) is 16.9. The number of amides is 1. The molecule has 1 atom stereocenters. The van der Waals surface area contributed by atoms with Crippen LogP contribution in [0.4, 0.5) is 0 Å². The lowest BCUT2D eigenvalue weighted by Gasteiger charge is -2.12. The molecule has 5 nitrogen and oxygen atoms in total. The number of ether oxygens (including phenoxy) is 1. The quantitative estimate of drug-likeness (QED) is 0.859. The van der Waals surface area contributed by atoms with Crippen LogP contribution in [0.25, 0.3) is 11.4 Å². The summed E-state index contributed by atoms with van der Waals surface area (Å²) in [6.45, 7) is 4.55. The first-order chi connectivity index (χ1) is 11.6. The van der Waals surface area contributed by atoms with E-state index in [1.807, 2.05) is 38.1 Å². The van der Waals surface area contributed by atoms with E-state index < -0.39 is 0 Å².